The van der Waals surface area contributed by atoms with Crippen LogP contribution in [-0.2, 0) is 4.79 Å². The fourth-order valence-corrected chi connectivity index (χ4v) is 9.64. The Labute approximate surface area is 278 Å². The molecule has 0 aliphatic carbocycles. The molecule has 2 saturated heterocycles. The van der Waals surface area contributed by atoms with E-state index in [1.807, 2.05) is 46.9 Å². The first-order chi connectivity index (χ1) is 21.9. The molecule has 2 unspecified atom stereocenters. The van der Waals surface area contributed by atoms with Crippen molar-refractivity contribution in [2.75, 3.05) is 27.2 Å². The molecule has 2 aromatic carbocycles. The van der Waals surface area contributed by atoms with Crippen LogP contribution in [-0.4, -0.2) is 46.7 Å². The van der Waals surface area contributed by atoms with Gasteiger partial charge in [-0.3, -0.25) is 14.6 Å². The van der Waals surface area contributed by atoms with Gasteiger partial charge in [0.15, 0.2) is 5.12 Å². The van der Waals surface area contributed by atoms with Crippen molar-refractivity contribution >= 4 is 39.6 Å². The Hall–Kier alpha value is -3.38. The molecule has 0 radical (unpaired) electrons. The molecule has 0 amide bonds. The molecule has 2 atom stereocenters. The monoisotopic (exact) mass is 647 g/mol. The van der Waals surface area contributed by atoms with Crippen LogP contribution in [0.3, 0.4) is 0 Å². The summed E-state index contributed by atoms with van der Waals surface area (Å²) in [7, 11) is 4.50. The van der Waals surface area contributed by atoms with Crippen molar-refractivity contribution in [1.82, 2.24) is 14.4 Å². The van der Waals surface area contributed by atoms with Crippen molar-refractivity contribution in [1.29, 1.82) is 0 Å². The lowest BCUT2D eigenvalue weighted by molar-refractivity contribution is -0.109. The van der Waals surface area contributed by atoms with E-state index < -0.39 is 0 Å². The first kappa shape index (κ1) is 30.3. The van der Waals surface area contributed by atoms with Crippen LogP contribution < -0.4 is 0 Å². The van der Waals surface area contributed by atoms with Crippen molar-refractivity contribution in [3.63, 3.8) is 0 Å². The quantitative estimate of drug-likeness (QED) is 0.136. The van der Waals surface area contributed by atoms with E-state index in [1.54, 1.807) is 6.92 Å². The van der Waals surface area contributed by atoms with Gasteiger partial charge >= 0.3 is 0 Å². The molecule has 3 aromatic heterocycles. The second kappa shape index (κ2) is 13.2. The lowest BCUT2D eigenvalue weighted by Gasteiger charge is -2.18. The summed E-state index contributed by atoms with van der Waals surface area (Å²) in [5.41, 5.74) is 5.52. The molecule has 4 nitrogen and oxygen atoms in total. The van der Waals surface area contributed by atoms with Crippen molar-refractivity contribution in [2.45, 2.75) is 49.6 Å². The maximum atomic E-state index is 11.4. The summed E-state index contributed by atoms with van der Waals surface area (Å²) in [6.07, 6.45) is 5.01. The van der Waals surface area contributed by atoms with E-state index in [0.717, 1.165) is 21.7 Å². The van der Waals surface area contributed by atoms with E-state index >= 15 is 0 Å². The van der Waals surface area contributed by atoms with Crippen molar-refractivity contribution in [3.05, 3.63) is 106 Å². The topological polar surface area (TPSA) is 28.5 Å². The normalized spacial score (nSPS) is 18.7. The average molecular weight is 648 g/mol. The summed E-state index contributed by atoms with van der Waals surface area (Å²) >= 11 is 5.11. The van der Waals surface area contributed by atoms with Crippen molar-refractivity contribution in [2.24, 2.45) is 0 Å². The number of nitrogens with zero attached hydrogens (tertiary/aromatic N) is 3. The van der Waals surface area contributed by atoms with Crippen LogP contribution in [0.5, 0.6) is 0 Å². The fraction of sp³-hybridized carbons (Fsp3) is 0.289. The van der Waals surface area contributed by atoms with Gasteiger partial charge in [0, 0.05) is 50.5 Å². The summed E-state index contributed by atoms with van der Waals surface area (Å²) < 4.78 is 2.44. The summed E-state index contributed by atoms with van der Waals surface area (Å²) in [4.78, 5) is 22.8. The Kier molecular flexibility index (Phi) is 8.85. The predicted molar refractivity (Wildman–Crippen MR) is 191 cm³/mol. The second-order valence-corrected chi connectivity index (χ2v) is 15.5. The van der Waals surface area contributed by atoms with E-state index in [9.17, 15) is 4.79 Å². The van der Waals surface area contributed by atoms with Crippen LogP contribution in [0.1, 0.15) is 65.6 Å². The molecule has 7 rings (SSSR count). The molecule has 7 heteroatoms. The van der Waals surface area contributed by atoms with Crippen LogP contribution in [0.25, 0.3) is 26.8 Å². The maximum absolute atomic E-state index is 11.4. The van der Waals surface area contributed by atoms with Gasteiger partial charge in [-0.1, -0.05) is 23.6 Å². The average Bonchev–Trinajstić information content (AvgIpc) is 3.87. The van der Waals surface area contributed by atoms with Crippen LogP contribution in [0.15, 0.2) is 89.8 Å². The highest BCUT2D eigenvalue weighted by Gasteiger charge is 2.27. The Morgan fingerprint density at radius 1 is 0.689 bits per heavy atom. The minimum Gasteiger partial charge on any atom is -0.308 e. The molecule has 5 heterocycles. The molecule has 0 spiro atoms. The van der Waals surface area contributed by atoms with Crippen molar-refractivity contribution < 1.29 is 4.79 Å². The van der Waals surface area contributed by atoms with E-state index in [1.165, 1.54) is 81.4 Å². The third kappa shape index (κ3) is 6.49. The zero-order valence-electron chi connectivity index (χ0n) is 26.0. The third-order valence-corrected chi connectivity index (χ3v) is 12.1. The zero-order valence-corrected chi connectivity index (χ0v) is 28.4. The van der Waals surface area contributed by atoms with Crippen molar-refractivity contribution in [3.8, 4) is 38.7 Å². The highest BCUT2D eigenvalue weighted by Crippen LogP contribution is 2.43. The number of hydrogen-bond donors (Lipinski definition) is 0. The van der Waals surface area contributed by atoms with Crippen LogP contribution in [0.2, 0.25) is 0 Å². The minimum absolute atomic E-state index is 0.0878. The molecule has 2 aliphatic rings. The standard InChI is InChI=1S/C38H37N3OS3/c1-26(42)43-30-16-12-28(13-17-30)9-8-27-10-14-29(15-11-27)41-33(37-22-20-35(44-37)31-6-4-24-39(31)2)18-19-34(41)38-23-21-36(45-38)32-7-5-25-40(32)3/h10-23,31-32H,4-7,24-25H2,1-3H3. The van der Waals surface area contributed by atoms with E-state index in [0.29, 0.717) is 12.1 Å². The second-order valence-electron chi connectivity index (χ2n) is 12.0. The number of thiophene rings is 2. The first-order valence-electron chi connectivity index (χ1n) is 15.7. The number of carbonyl (C=O) groups excluding carboxylic acids is 1. The Balaban J connectivity index is 1.22. The molecule has 45 heavy (non-hydrogen) atoms. The molecule has 0 bridgehead atoms. The summed E-state index contributed by atoms with van der Waals surface area (Å²) in [5.74, 6) is 6.61. The van der Waals surface area contributed by atoms with E-state index in [2.05, 4.69) is 101 Å². The number of rotatable bonds is 6. The Morgan fingerprint density at radius 2 is 1.18 bits per heavy atom. The van der Waals surface area contributed by atoms with Gasteiger partial charge in [0.05, 0.1) is 21.1 Å². The molecule has 2 fully saturated rings. The largest absolute Gasteiger partial charge is 0.308 e. The Morgan fingerprint density at radius 3 is 1.62 bits per heavy atom. The Bertz CT molecular complexity index is 1790. The molecule has 0 saturated carbocycles. The molecule has 0 N–H and O–H groups in total. The van der Waals surface area contributed by atoms with Gasteiger partial charge < -0.3 is 4.57 Å². The number of carbonyl (C=O) groups is 1. The van der Waals surface area contributed by atoms with Gasteiger partial charge in [-0.15, -0.1) is 22.7 Å². The van der Waals surface area contributed by atoms with Crippen LogP contribution in [0.4, 0.5) is 0 Å². The van der Waals surface area contributed by atoms with Crippen LogP contribution >= 0.6 is 34.4 Å². The van der Waals surface area contributed by atoms with Gasteiger partial charge in [-0.05, 0) is 138 Å². The van der Waals surface area contributed by atoms with E-state index in [4.69, 9.17) is 0 Å². The fourth-order valence-electron chi connectivity index (χ4n) is 6.59. The number of benzene rings is 2. The zero-order chi connectivity index (χ0) is 30.9. The minimum atomic E-state index is 0.0878. The highest BCUT2D eigenvalue weighted by atomic mass is 32.2. The van der Waals surface area contributed by atoms with Gasteiger partial charge in [0.2, 0.25) is 0 Å². The summed E-state index contributed by atoms with van der Waals surface area (Å²) in [6.45, 7) is 3.94. The highest BCUT2D eigenvalue weighted by molar-refractivity contribution is 8.13. The SMILES string of the molecule is CC(=O)Sc1ccc(C#Cc2ccc(-n3c(-c4ccc(C5CCCN5C)s4)ccc3-c3ccc(C4CCCN4C)s3)cc2)cc1. The molecule has 228 valence electrons. The van der Waals surface area contributed by atoms with Gasteiger partial charge in [-0.2, -0.15) is 0 Å². The number of hydrogen-bond acceptors (Lipinski definition) is 6. The van der Waals surface area contributed by atoms with E-state index in [-0.39, 0.29) is 5.12 Å². The summed E-state index contributed by atoms with van der Waals surface area (Å²) in [5, 5.41) is 0.0878. The predicted octanol–water partition coefficient (Wildman–Crippen LogP) is 9.51. The number of thioether (sulfide) groups is 1. The third-order valence-electron chi connectivity index (χ3n) is 8.93. The number of aromatic nitrogens is 1. The van der Waals surface area contributed by atoms with Gasteiger partial charge in [0.1, 0.15) is 0 Å². The number of likely N-dealkylation sites (tertiary alicyclic amines) is 2. The molecule has 5 aromatic rings. The first-order valence-corrected chi connectivity index (χ1v) is 18.1. The maximum Gasteiger partial charge on any atom is 0.190 e. The molecular weight excluding hydrogens is 611 g/mol. The lowest BCUT2D eigenvalue weighted by atomic mass is 10.1. The molecular formula is C38H37N3OS3. The summed E-state index contributed by atoms with van der Waals surface area (Å²) in [6, 6.07) is 31.4. The van der Waals surface area contributed by atoms with Crippen LogP contribution in [0, 0.1) is 11.8 Å². The molecule has 2 aliphatic heterocycles. The van der Waals surface area contributed by atoms with Gasteiger partial charge in [-0.25, -0.2) is 0 Å². The smallest absolute Gasteiger partial charge is 0.190 e. The lowest BCUT2D eigenvalue weighted by Crippen LogP contribution is -2.16. The van der Waals surface area contributed by atoms with Gasteiger partial charge in [0.25, 0.3) is 0 Å².